The summed E-state index contributed by atoms with van der Waals surface area (Å²) in [5, 5.41) is 4.30. The van der Waals surface area contributed by atoms with E-state index >= 15 is 0 Å². The third kappa shape index (κ3) is 4.71. The number of halogens is 3. The molecule has 1 atom stereocenters. The average Bonchev–Trinajstić information content (AvgIpc) is 2.83. The van der Waals surface area contributed by atoms with Crippen molar-refractivity contribution in [1.29, 1.82) is 0 Å². The monoisotopic (exact) mass is 434 g/mol. The number of carbonyl (C=O) groups excluding carboxylic acids is 3. The van der Waals surface area contributed by atoms with E-state index in [2.05, 4.69) is 21.2 Å². The van der Waals surface area contributed by atoms with Gasteiger partial charge in [0.15, 0.2) is 0 Å². The second-order valence-corrected chi connectivity index (χ2v) is 7.11. The van der Waals surface area contributed by atoms with E-state index in [1.807, 2.05) is 6.07 Å². The van der Waals surface area contributed by atoms with Gasteiger partial charge in [-0.1, -0.05) is 45.2 Å². The molecule has 1 aromatic rings. The van der Waals surface area contributed by atoms with Gasteiger partial charge < -0.3 is 10.2 Å². The van der Waals surface area contributed by atoms with Crippen LogP contribution in [0, 0.1) is 5.92 Å². The zero-order valence-corrected chi connectivity index (χ0v) is 16.0. The first-order chi connectivity index (χ1) is 11.4. The van der Waals surface area contributed by atoms with Gasteiger partial charge in [-0.25, -0.2) is 0 Å². The standard InChI is InChI=1S/C16H17BrCl2N2O3/c17-5-7-21-9-11(14(22)16(21)24)15(23)20-6-1-2-10-3-4-12(18)13(19)8-10/h3-4,8,11H,1-2,5-7,9H2,(H,20,23). The number of Topliss-reactive ketones (excluding diaryl/α,β-unsaturated/α-hetero) is 1. The minimum Gasteiger partial charge on any atom is -0.355 e. The number of nitrogens with one attached hydrogen (secondary N) is 1. The molecule has 0 bridgehead atoms. The van der Waals surface area contributed by atoms with E-state index in [4.69, 9.17) is 23.2 Å². The molecule has 1 fully saturated rings. The molecule has 0 aliphatic carbocycles. The van der Waals surface area contributed by atoms with Crippen LogP contribution in [0.15, 0.2) is 18.2 Å². The van der Waals surface area contributed by atoms with Crippen molar-refractivity contribution in [3.63, 3.8) is 0 Å². The largest absolute Gasteiger partial charge is 0.355 e. The Bertz CT molecular complexity index is 654. The predicted octanol–water partition coefficient (Wildman–Crippen LogP) is 2.46. The lowest BCUT2D eigenvalue weighted by molar-refractivity contribution is -0.142. The van der Waals surface area contributed by atoms with Crippen LogP contribution in [-0.4, -0.2) is 47.5 Å². The lowest BCUT2D eigenvalue weighted by Gasteiger charge is -2.13. The second kappa shape index (κ2) is 8.83. The third-order valence-corrected chi connectivity index (χ3v) is 4.91. The summed E-state index contributed by atoms with van der Waals surface area (Å²) in [5.74, 6) is -2.50. The Labute approximate surface area is 158 Å². The molecule has 2 rings (SSSR count). The van der Waals surface area contributed by atoms with Gasteiger partial charge >= 0.3 is 0 Å². The normalized spacial score (nSPS) is 17.5. The van der Waals surface area contributed by atoms with E-state index in [1.54, 1.807) is 12.1 Å². The number of likely N-dealkylation sites (tertiary alicyclic amines) is 1. The fourth-order valence-corrected chi connectivity index (χ4v) is 3.26. The van der Waals surface area contributed by atoms with Crippen LogP contribution in [0.4, 0.5) is 0 Å². The number of nitrogens with zero attached hydrogens (tertiary/aromatic N) is 1. The lowest BCUT2D eigenvalue weighted by atomic mass is 10.1. The summed E-state index contributed by atoms with van der Waals surface area (Å²) in [6.45, 7) is 1.00. The van der Waals surface area contributed by atoms with Gasteiger partial charge in [0.05, 0.1) is 10.0 Å². The number of aryl methyl sites for hydroxylation is 1. The highest BCUT2D eigenvalue weighted by Gasteiger charge is 2.42. The molecule has 2 amide bonds. The summed E-state index contributed by atoms with van der Waals surface area (Å²) in [6, 6.07) is 5.41. The molecule has 130 valence electrons. The van der Waals surface area contributed by atoms with E-state index in [1.165, 1.54) is 4.90 Å². The van der Waals surface area contributed by atoms with Gasteiger partial charge in [0.2, 0.25) is 11.7 Å². The van der Waals surface area contributed by atoms with E-state index in [-0.39, 0.29) is 12.5 Å². The molecule has 0 spiro atoms. The Morgan fingerprint density at radius 2 is 2.04 bits per heavy atom. The maximum absolute atomic E-state index is 12.1. The number of carbonyl (C=O) groups is 3. The molecule has 0 saturated carbocycles. The van der Waals surface area contributed by atoms with Crippen molar-refractivity contribution in [3.05, 3.63) is 33.8 Å². The molecular weight excluding hydrogens is 419 g/mol. The molecular formula is C16H17BrCl2N2O3. The zero-order valence-electron chi connectivity index (χ0n) is 12.9. The van der Waals surface area contributed by atoms with E-state index in [0.29, 0.717) is 34.9 Å². The highest BCUT2D eigenvalue weighted by Crippen LogP contribution is 2.23. The minimum absolute atomic E-state index is 0.155. The number of amides is 2. The van der Waals surface area contributed by atoms with Crippen LogP contribution in [0.3, 0.4) is 0 Å². The summed E-state index contributed by atoms with van der Waals surface area (Å²) in [6.07, 6.45) is 1.42. The van der Waals surface area contributed by atoms with Crippen LogP contribution in [0.5, 0.6) is 0 Å². The SMILES string of the molecule is O=C(NCCCc1ccc(Cl)c(Cl)c1)C1CN(CCBr)C(=O)C1=O. The Morgan fingerprint density at radius 3 is 2.71 bits per heavy atom. The van der Waals surface area contributed by atoms with Crippen LogP contribution in [0.1, 0.15) is 12.0 Å². The number of hydrogen-bond acceptors (Lipinski definition) is 3. The van der Waals surface area contributed by atoms with Gasteiger partial charge in [0.25, 0.3) is 5.91 Å². The highest BCUT2D eigenvalue weighted by molar-refractivity contribution is 9.09. The number of rotatable bonds is 7. The summed E-state index contributed by atoms with van der Waals surface area (Å²) < 4.78 is 0. The van der Waals surface area contributed by atoms with Crippen molar-refractivity contribution in [1.82, 2.24) is 10.2 Å². The lowest BCUT2D eigenvalue weighted by Crippen LogP contribution is -2.36. The quantitative estimate of drug-likeness (QED) is 0.309. The summed E-state index contributed by atoms with van der Waals surface area (Å²) in [7, 11) is 0. The molecule has 24 heavy (non-hydrogen) atoms. The van der Waals surface area contributed by atoms with Crippen molar-refractivity contribution in [3.8, 4) is 0 Å². The number of alkyl halides is 1. The van der Waals surface area contributed by atoms with E-state index in [0.717, 1.165) is 12.0 Å². The van der Waals surface area contributed by atoms with Crippen molar-refractivity contribution in [2.24, 2.45) is 5.92 Å². The van der Waals surface area contributed by atoms with Crippen molar-refractivity contribution < 1.29 is 14.4 Å². The maximum atomic E-state index is 12.1. The average molecular weight is 436 g/mol. The van der Waals surface area contributed by atoms with Crippen molar-refractivity contribution in [2.75, 3.05) is 25.0 Å². The zero-order chi connectivity index (χ0) is 17.7. The molecule has 0 radical (unpaired) electrons. The molecule has 1 aromatic carbocycles. The highest BCUT2D eigenvalue weighted by atomic mass is 79.9. The molecule has 1 saturated heterocycles. The first-order valence-corrected chi connectivity index (χ1v) is 9.42. The number of benzene rings is 1. The van der Waals surface area contributed by atoms with E-state index < -0.39 is 17.6 Å². The van der Waals surface area contributed by atoms with Crippen LogP contribution < -0.4 is 5.32 Å². The predicted molar refractivity (Wildman–Crippen MR) is 96.7 cm³/mol. The van der Waals surface area contributed by atoms with Gasteiger partial charge in [-0.15, -0.1) is 0 Å². The van der Waals surface area contributed by atoms with E-state index in [9.17, 15) is 14.4 Å². The Balaban J connectivity index is 1.78. The van der Waals surface area contributed by atoms with Crippen molar-refractivity contribution >= 4 is 56.7 Å². The van der Waals surface area contributed by atoms with Gasteiger partial charge in [0, 0.05) is 25.0 Å². The van der Waals surface area contributed by atoms with Crippen molar-refractivity contribution in [2.45, 2.75) is 12.8 Å². The minimum atomic E-state index is -0.901. The molecule has 8 heteroatoms. The van der Waals surface area contributed by atoms with Crippen LogP contribution in [-0.2, 0) is 20.8 Å². The summed E-state index contributed by atoms with van der Waals surface area (Å²) in [4.78, 5) is 37.1. The molecule has 0 aromatic heterocycles. The topological polar surface area (TPSA) is 66.5 Å². The summed E-state index contributed by atoms with van der Waals surface area (Å²) in [5.41, 5.74) is 1.02. The van der Waals surface area contributed by atoms with Gasteiger partial charge in [0.1, 0.15) is 5.92 Å². The Kier molecular flexibility index (Phi) is 7.07. The summed E-state index contributed by atoms with van der Waals surface area (Å²) >= 11 is 15.0. The fraction of sp³-hybridized carbons (Fsp3) is 0.438. The molecule has 5 nitrogen and oxygen atoms in total. The fourth-order valence-electron chi connectivity index (χ4n) is 2.51. The molecule has 1 unspecified atom stereocenters. The number of hydrogen-bond donors (Lipinski definition) is 1. The second-order valence-electron chi connectivity index (χ2n) is 5.50. The first-order valence-electron chi connectivity index (χ1n) is 7.54. The van der Waals surface area contributed by atoms with Gasteiger partial charge in [-0.3, -0.25) is 14.4 Å². The molecule has 1 aliphatic rings. The van der Waals surface area contributed by atoms with Gasteiger partial charge in [-0.05, 0) is 30.5 Å². The smallest absolute Gasteiger partial charge is 0.290 e. The van der Waals surface area contributed by atoms with Crippen LogP contribution in [0.25, 0.3) is 0 Å². The number of ketones is 1. The molecule has 1 N–H and O–H groups in total. The van der Waals surface area contributed by atoms with Crippen LogP contribution >= 0.6 is 39.1 Å². The van der Waals surface area contributed by atoms with Gasteiger partial charge in [-0.2, -0.15) is 0 Å². The molecule has 1 aliphatic heterocycles. The maximum Gasteiger partial charge on any atom is 0.290 e. The molecule has 1 heterocycles. The third-order valence-electron chi connectivity index (χ3n) is 3.81. The Hall–Kier alpha value is -1.11. The van der Waals surface area contributed by atoms with Crippen LogP contribution in [0.2, 0.25) is 10.0 Å². The Morgan fingerprint density at radius 1 is 1.29 bits per heavy atom. The first kappa shape index (κ1) is 19.2.